The second kappa shape index (κ2) is 6.60. The third-order valence-electron chi connectivity index (χ3n) is 4.68. The molecule has 23 heavy (non-hydrogen) atoms. The number of carbonyl (C=O) groups excluding carboxylic acids is 2. The molecule has 0 saturated heterocycles. The highest BCUT2D eigenvalue weighted by molar-refractivity contribution is 5.90. The molecule has 0 bridgehead atoms. The van der Waals surface area contributed by atoms with Crippen LogP contribution in [-0.2, 0) is 20.7 Å². The number of hydrogen-bond acceptors (Lipinski definition) is 4. The first-order valence-electron chi connectivity index (χ1n) is 8.38. The van der Waals surface area contributed by atoms with E-state index >= 15 is 0 Å². The number of amides is 1. The van der Waals surface area contributed by atoms with Crippen LogP contribution in [-0.4, -0.2) is 30.1 Å². The summed E-state index contributed by atoms with van der Waals surface area (Å²) in [5, 5.41) is 2.96. The lowest BCUT2D eigenvalue weighted by atomic mass is 9.81. The van der Waals surface area contributed by atoms with Crippen LogP contribution in [0.5, 0.6) is 5.75 Å². The highest BCUT2D eigenvalue weighted by Crippen LogP contribution is 2.32. The number of fused-ring (bicyclic) bond motifs is 1. The normalized spacial score (nSPS) is 21.9. The van der Waals surface area contributed by atoms with Gasteiger partial charge in [0.1, 0.15) is 11.3 Å². The van der Waals surface area contributed by atoms with Crippen molar-refractivity contribution in [3.05, 3.63) is 29.8 Å². The highest BCUT2D eigenvalue weighted by Gasteiger charge is 2.44. The molecular formula is C18H23NO4. The molecular weight excluding hydrogens is 294 g/mol. The van der Waals surface area contributed by atoms with Crippen LogP contribution < -0.4 is 10.1 Å². The van der Waals surface area contributed by atoms with Crippen molar-refractivity contribution >= 4 is 11.9 Å². The van der Waals surface area contributed by atoms with Gasteiger partial charge in [0.25, 0.3) is 5.91 Å². The van der Waals surface area contributed by atoms with Gasteiger partial charge in [-0.1, -0.05) is 37.5 Å². The molecule has 1 saturated carbocycles. The Morgan fingerprint density at radius 2 is 2.00 bits per heavy atom. The van der Waals surface area contributed by atoms with Crippen molar-refractivity contribution in [3.63, 3.8) is 0 Å². The number of benzene rings is 1. The Hall–Kier alpha value is -2.04. The Morgan fingerprint density at radius 3 is 2.70 bits per heavy atom. The van der Waals surface area contributed by atoms with Crippen molar-refractivity contribution in [3.8, 4) is 5.75 Å². The molecule has 1 aliphatic carbocycles. The lowest BCUT2D eigenvalue weighted by molar-refractivity contribution is -0.155. The number of esters is 1. The van der Waals surface area contributed by atoms with Crippen LogP contribution in [0.4, 0.5) is 0 Å². The molecule has 1 atom stereocenters. The van der Waals surface area contributed by atoms with Crippen LogP contribution in [0.2, 0.25) is 0 Å². The molecule has 124 valence electrons. The van der Waals surface area contributed by atoms with Gasteiger partial charge in [-0.05, 0) is 31.4 Å². The van der Waals surface area contributed by atoms with Crippen molar-refractivity contribution in [2.75, 3.05) is 6.61 Å². The second-order valence-corrected chi connectivity index (χ2v) is 6.27. The number of nitrogens with one attached hydrogen (secondary N) is 1. The number of hydrogen-bond donors (Lipinski definition) is 1. The molecule has 5 nitrogen and oxygen atoms in total. The minimum atomic E-state index is -0.885. The minimum Gasteiger partial charge on any atom is -0.480 e. The van der Waals surface area contributed by atoms with Crippen molar-refractivity contribution in [2.24, 2.45) is 0 Å². The molecule has 1 fully saturated rings. The second-order valence-electron chi connectivity index (χ2n) is 6.27. The van der Waals surface area contributed by atoms with Crippen LogP contribution in [0.15, 0.2) is 24.3 Å². The smallest absolute Gasteiger partial charge is 0.331 e. The molecule has 0 unspecified atom stereocenters. The van der Waals surface area contributed by atoms with E-state index in [2.05, 4.69) is 5.32 Å². The molecule has 5 heteroatoms. The summed E-state index contributed by atoms with van der Waals surface area (Å²) in [5.41, 5.74) is 0.144. The zero-order chi connectivity index (χ0) is 16.3. The van der Waals surface area contributed by atoms with Gasteiger partial charge in [-0.2, -0.15) is 0 Å². The van der Waals surface area contributed by atoms with Crippen molar-refractivity contribution in [1.82, 2.24) is 5.32 Å². The SMILES string of the molecule is CCOC(=O)C1(NC(=O)[C@@H]2Cc3ccccc3O2)CCCCC1. The summed E-state index contributed by atoms with van der Waals surface area (Å²) in [5.74, 6) is 0.209. The largest absolute Gasteiger partial charge is 0.480 e. The van der Waals surface area contributed by atoms with Crippen LogP contribution in [0.25, 0.3) is 0 Å². The summed E-state index contributed by atoms with van der Waals surface area (Å²) in [6.45, 7) is 2.11. The quantitative estimate of drug-likeness (QED) is 0.866. The maximum atomic E-state index is 12.7. The van der Waals surface area contributed by atoms with E-state index in [0.29, 0.717) is 25.9 Å². The zero-order valence-electron chi connectivity index (χ0n) is 13.5. The van der Waals surface area contributed by atoms with Gasteiger partial charge >= 0.3 is 5.97 Å². The summed E-state index contributed by atoms with van der Waals surface area (Å²) in [4.78, 5) is 25.1. The molecule has 1 aromatic rings. The Bertz CT molecular complexity index is 567. The molecule has 1 aromatic carbocycles. The molecule has 1 N–H and O–H groups in total. The first-order chi connectivity index (χ1) is 11.1. The fraction of sp³-hybridized carbons (Fsp3) is 0.556. The molecule has 2 aliphatic rings. The van der Waals surface area contributed by atoms with Crippen LogP contribution >= 0.6 is 0 Å². The standard InChI is InChI=1S/C18H23NO4/c1-2-22-17(21)18(10-6-3-7-11-18)19-16(20)15-12-13-8-4-5-9-14(13)23-15/h4-5,8-9,15H,2-3,6-7,10-12H2,1H3,(H,19,20)/t15-/m0/s1. The van der Waals surface area contributed by atoms with E-state index in [1.807, 2.05) is 24.3 Å². The van der Waals surface area contributed by atoms with Crippen LogP contribution in [0, 0.1) is 0 Å². The van der Waals surface area contributed by atoms with Gasteiger partial charge < -0.3 is 14.8 Å². The number of para-hydroxylation sites is 1. The van der Waals surface area contributed by atoms with E-state index in [1.54, 1.807) is 6.92 Å². The maximum absolute atomic E-state index is 12.7. The van der Waals surface area contributed by atoms with Gasteiger partial charge in [-0.3, -0.25) is 4.79 Å². The lowest BCUT2D eigenvalue weighted by Gasteiger charge is -2.36. The number of ether oxygens (including phenoxy) is 2. The Kier molecular flexibility index (Phi) is 4.55. The number of rotatable bonds is 4. The van der Waals surface area contributed by atoms with Gasteiger partial charge in [0, 0.05) is 6.42 Å². The average Bonchev–Trinajstić information content (AvgIpc) is 3.00. The first-order valence-corrected chi connectivity index (χ1v) is 8.38. The van der Waals surface area contributed by atoms with E-state index in [0.717, 1.165) is 30.6 Å². The maximum Gasteiger partial charge on any atom is 0.331 e. The predicted molar refractivity (Wildman–Crippen MR) is 85.2 cm³/mol. The molecule has 0 radical (unpaired) electrons. The van der Waals surface area contributed by atoms with E-state index in [-0.39, 0.29) is 11.9 Å². The molecule has 0 spiro atoms. The van der Waals surface area contributed by atoms with Gasteiger partial charge in [0.2, 0.25) is 0 Å². The van der Waals surface area contributed by atoms with Crippen molar-refractivity contribution < 1.29 is 19.1 Å². The third-order valence-corrected chi connectivity index (χ3v) is 4.68. The fourth-order valence-electron chi connectivity index (χ4n) is 3.45. The van der Waals surface area contributed by atoms with Crippen molar-refractivity contribution in [2.45, 2.75) is 57.1 Å². The lowest BCUT2D eigenvalue weighted by Crippen LogP contribution is -2.59. The summed E-state index contributed by atoms with van der Waals surface area (Å²) in [6, 6.07) is 7.65. The minimum absolute atomic E-state index is 0.226. The fourth-order valence-corrected chi connectivity index (χ4v) is 3.45. The van der Waals surface area contributed by atoms with Gasteiger partial charge in [-0.15, -0.1) is 0 Å². The Balaban J connectivity index is 1.71. The summed E-state index contributed by atoms with van der Waals surface area (Å²) >= 11 is 0. The van der Waals surface area contributed by atoms with E-state index < -0.39 is 11.6 Å². The molecule has 1 amide bonds. The van der Waals surface area contributed by atoms with E-state index in [4.69, 9.17) is 9.47 Å². The highest BCUT2D eigenvalue weighted by atomic mass is 16.5. The molecule has 1 aliphatic heterocycles. The summed E-state index contributed by atoms with van der Waals surface area (Å²) in [7, 11) is 0. The average molecular weight is 317 g/mol. The van der Waals surface area contributed by atoms with Gasteiger partial charge in [0.15, 0.2) is 6.10 Å². The molecule has 1 heterocycles. The van der Waals surface area contributed by atoms with E-state index in [1.165, 1.54) is 0 Å². The third kappa shape index (κ3) is 3.19. The van der Waals surface area contributed by atoms with E-state index in [9.17, 15) is 9.59 Å². The first kappa shape index (κ1) is 15.8. The van der Waals surface area contributed by atoms with Crippen LogP contribution in [0.3, 0.4) is 0 Å². The van der Waals surface area contributed by atoms with Gasteiger partial charge in [0.05, 0.1) is 6.61 Å². The Labute approximate surface area is 136 Å². The summed E-state index contributed by atoms with van der Waals surface area (Å²) < 4.78 is 10.9. The molecule has 3 rings (SSSR count). The Morgan fingerprint density at radius 1 is 1.26 bits per heavy atom. The van der Waals surface area contributed by atoms with Gasteiger partial charge in [-0.25, -0.2) is 4.79 Å². The topological polar surface area (TPSA) is 64.6 Å². The molecule has 0 aromatic heterocycles. The summed E-state index contributed by atoms with van der Waals surface area (Å²) in [6.07, 6.45) is 4.17. The predicted octanol–water partition coefficient (Wildman–Crippen LogP) is 2.37. The van der Waals surface area contributed by atoms with Crippen LogP contribution in [0.1, 0.15) is 44.6 Å². The number of carbonyl (C=O) groups is 2. The zero-order valence-corrected chi connectivity index (χ0v) is 13.5. The monoisotopic (exact) mass is 317 g/mol. The van der Waals surface area contributed by atoms with Crippen molar-refractivity contribution in [1.29, 1.82) is 0 Å².